The Balaban J connectivity index is 2.48. The summed E-state index contributed by atoms with van der Waals surface area (Å²) in [6, 6.07) is 0. The van der Waals surface area contributed by atoms with Crippen LogP contribution in [0.3, 0.4) is 0 Å². The predicted molar refractivity (Wildman–Crippen MR) is 38.7 cm³/mol. The maximum Gasteiger partial charge on any atom is 0.163 e. The molecule has 0 N–H and O–H groups in total. The molecule has 2 heteroatoms. The van der Waals surface area contributed by atoms with Crippen molar-refractivity contribution < 1.29 is 9.53 Å². The molecule has 1 aliphatic rings. The zero-order valence-electron chi connectivity index (χ0n) is 6.22. The van der Waals surface area contributed by atoms with Crippen molar-refractivity contribution in [2.24, 2.45) is 5.92 Å². The molecule has 56 valence electrons. The van der Waals surface area contributed by atoms with Gasteiger partial charge in [0.1, 0.15) is 0 Å². The molecule has 1 rings (SSSR count). The summed E-state index contributed by atoms with van der Waals surface area (Å²) >= 11 is 0. The molecule has 0 aromatic rings. The zero-order chi connectivity index (χ0) is 7.56. The molecule has 0 spiro atoms. The summed E-state index contributed by atoms with van der Waals surface area (Å²) in [4.78, 5) is 11.2. The Kier molecular flexibility index (Phi) is 2.22. The van der Waals surface area contributed by atoms with Crippen molar-refractivity contribution in [3.8, 4) is 0 Å². The van der Waals surface area contributed by atoms with Crippen LogP contribution in [0.25, 0.3) is 0 Å². The number of allylic oxidation sites excluding steroid dienone is 1. The van der Waals surface area contributed by atoms with Gasteiger partial charge < -0.3 is 4.74 Å². The van der Waals surface area contributed by atoms with Crippen LogP contribution >= 0.6 is 0 Å². The molecular weight excluding hydrogens is 128 g/mol. The van der Waals surface area contributed by atoms with Crippen molar-refractivity contribution in [3.05, 3.63) is 12.2 Å². The minimum atomic E-state index is 0.0949. The summed E-state index contributed by atoms with van der Waals surface area (Å²) in [5, 5.41) is 0. The number of carbonyl (C=O) groups excluding carboxylic acids is 1. The van der Waals surface area contributed by atoms with Gasteiger partial charge in [-0.2, -0.15) is 0 Å². The van der Waals surface area contributed by atoms with Crippen molar-refractivity contribution in [2.45, 2.75) is 13.3 Å². The fourth-order valence-electron chi connectivity index (χ4n) is 1.09. The molecule has 0 aromatic carbocycles. The average molecular weight is 140 g/mol. The number of Topliss-reactive ketones (excluding diaryl/α,β-unsaturated/α-hetero) is 1. The highest BCUT2D eigenvalue weighted by Gasteiger charge is 2.23. The van der Waals surface area contributed by atoms with Crippen LogP contribution in [0, 0.1) is 5.92 Å². The van der Waals surface area contributed by atoms with Crippen LogP contribution in [0.2, 0.25) is 0 Å². The molecule has 1 heterocycles. The zero-order valence-corrected chi connectivity index (χ0v) is 6.22. The molecule has 0 bridgehead atoms. The van der Waals surface area contributed by atoms with Crippen LogP contribution < -0.4 is 0 Å². The monoisotopic (exact) mass is 140 g/mol. The molecule has 0 radical (unpaired) electrons. The summed E-state index contributed by atoms with van der Waals surface area (Å²) in [5.41, 5.74) is 0.649. The van der Waals surface area contributed by atoms with E-state index in [0.717, 1.165) is 13.0 Å². The van der Waals surface area contributed by atoms with E-state index in [1.54, 1.807) is 6.92 Å². The number of carbonyl (C=O) groups is 1. The normalized spacial score (nSPS) is 24.7. The van der Waals surface area contributed by atoms with Crippen LogP contribution in [-0.4, -0.2) is 19.0 Å². The number of rotatable bonds is 2. The van der Waals surface area contributed by atoms with E-state index in [4.69, 9.17) is 4.74 Å². The van der Waals surface area contributed by atoms with Crippen LogP contribution in [0.1, 0.15) is 13.3 Å². The Morgan fingerprint density at radius 1 is 1.70 bits per heavy atom. The second kappa shape index (κ2) is 2.97. The van der Waals surface area contributed by atoms with Gasteiger partial charge in [0, 0.05) is 12.5 Å². The van der Waals surface area contributed by atoms with Gasteiger partial charge in [-0.05, 0) is 18.9 Å². The third-order valence-electron chi connectivity index (χ3n) is 1.72. The number of ketones is 1. The van der Waals surface area contributed by atoms with E-state index < -0.39 is 0 Å². The first-order chi connectivity index (χ1) is 4.72. The summed E-state index contributed by atoms with van der Waals surface area (Å²) in [5.74, 6) is 0.259. The molecule has 0 amide bonds. The Morgan fingerprint density at radius 2 is 2.40 bits per heavy atom. The van der Waals surface area contributed by atoms with E-state index in [2.05, 4.69) is 6.58 Å². The lowest BCUT2D eigenvalue weighted by Crippen LogP contribution is -2.14. The Bertz CT molecular complexity index is 155. The largest absolute Gasteiger partial charge is 0.381 e. The first-order valence-electron chi connectivity index (χ1n) is 3.49. The molecule has 1 saturated heterocycles. The van der Waals surface area contributed by atoms with Gasteiger partial charge in [-0.25, -0.2) is 0 Å². The lowest BCUT2D eigenvalue weighted by molar-refractivity contribution is -0.119. The van der Waals surface area contributed by atoms with Gasteiger partial charge >= 0.3 is 0 Å². The van der Waals surface area contributed by atoms with Crippen LogP contribution in [0.4, 0.5) is 0 Å². The van der Waals surface area contributed by atoms with E-state index in [1.807, 2.05) is 0 Å². The minimum Gasteiger partial charge on any atom is -0.381 e. The van der Waals surface area contributed by atoms with Gasteiger partial charge in [-0.1, -0.05) is 6.58 Å². The van der Waals surface area contributed by atoms with Gasteiger partial charge in [0.2, 0.25) is 0 Å². The second-order valence-electron chi connectivity index (χ2n) is 2.71. The van der Waals surface area contributed by atoms with Crippen molar-refractivity contribution in [3.63, 3.8) is 0 Å². The molecule has 0 aromatic heterocycles. The van der Waals surface area contributed by atoms with Crippen molar-refractivity contribution in [1.82, 2.24) is 0 Å². The summed E-state index contributed by atoms with van der Waals surface area (Å²) in [6.45, 7) is 6.66. The maximum absolute atomic E-state index is 11.2. The lowest BCUT2D eigenvalue weighted by atomic mass is 9.99. The molecule has 1 aliphatic heterocycles. The molecule has 0 aliphatic carbocycles. The summed E-state index contributed by atoms with van der Waals surface area (Å²) < 4.78 is 5.07. The van der Waals surface area contributed by atoms with Gasteiger partial charge in [-0.3, -0.25) is 4.79 Å². The van der Waals surface area contributed by atoms with E-state index >= 15 is 0 Å². The highest BCUT2D eigenvalue weighted by molar-refractivity contribution is 5.96. The molecule has 10 heavy (non-hydrogen) atoms. The molecular formula is C8H12O2. The van der Waals surface area contributed by atoms with Gasteiger partial charge in [0.25, 0.3) is 0 Å². The average Bonchev–Trinajstić information content (AvgIpc) is 2.36. The smallest absolute Gasteiger partial charge is 0.163 e. The van der Waals surface area contributed by atoms with E-state index in [0.29, 0.717) is 12.2 Å². The van der Waals surface area contributed by atoms with Crippen LogP contribution in [0.5, 0.6) is 0 Å². The first-order valence-corrected chi connectivity index (χ1v) is 3.49. The predicted octanol–water partition coefficient (Wildman–Crippen LogP) is 1.17. The van der Waals surface area contributed by atoms with Crippen molar-refractivity contribution in [1.29, 1.82) is 0 Å². The Labute approximate surface area is 60.9 Å². The Hall–Kier alpha value is -0.630. The maximum atomic E-state index is 11.2. The molecule has 1 unspecified atom stereocenters. The molecule has 2 nitrogen and oxygen atoms in total. The Morgan fingerprint density at radius 3 is 2.80 bits per heavy atom. The van der Waals surface area contributed by atoms with E-state index in [9.17, 15) is 4.79 Å². The quantitative estimate of drug-likeness (QED) is 0.538. The number of hydrogen-bond acceptors (Lipinski definition) is 2. The first kappa shape index (κ1) is 7.48. The van der Waals surface area contributed by atoms with Gasteiger partial charge in [0.15, 0.2) is 5.78 Å². The van der Waals surface area contributed by atoms with Crippen LogP contribution in [0.15, 0.2) is 12.2 Å². The fraction of sp³-hybridized carbons (Fsp3) is 0.625. The highest BCUT2D eigenvalue weighted by atomic mass is 16.5. The summed E-state index contributed by atoms with van der Waals surface area (Å²) in [6.07, 6.45) is 0.867. The van der Waals surface area contributed by atoms with Crippen LogP contribution in [-0.2, 0) is 9.53 Å². The third kappa shape index (κ3) is 1.45. The number of hydrogen-bond donors (Lipinski definition) is 0. The highest BCUT2D eigenvalue weighted by Crippen LogP contribution is 2.16. The van der Waals surface area contributed by atoms with Gasteiger partial charge in [0.05, 0.1) is 6.61 Å². The van der Waals surface area contributed by atoms with E-state index in [1.165, 1.54) is 0 Å². The van der Waals surface area contributed by atoms with E-state index in [-0.39, 0.29) is 11.7 Å². The molecule has 1 atom stereocenters. The lowest BCUT2D eigenvalue weighted by Gasteiger charge is -2.03. The topological polar surface area (TPSA) is 26.3 Å². The standard InChI is InChI=1S/C8H12O2/c1-6(2)8(9)7-3-4-10-5-7/h7H,1,3-5H2,2H3. The third-order valence-corrected chi connectivity index (χ3v) is 1.72. The van der Waals surface area contributed by atoms with Crippen molar-refractivity contribution in [2.75, 3.05) is 13.2 Å². The van der Waals surface area contributed by atoms with Gasteiger partial charge in [-0.15, -0.1) is 0 Å². The van der Waals surface area contributed by atoms with Crippen molar-refractivity contribution >= 4 is 5.78 Å². The SMILES string of the molecule is C=C(C)C(=O)C1CCOC1. The summed E-state index contributed by atoms with van der Waals surface area (Å²) in [7, 11) is 0. The minimum absolute atomic E-state index is 0.0949. The molecule has 1 fully saturated rings. The second-order valence-corrected chi connectivity index (χ2v) is 2.71. The molecule has 0 saturated carbocycles. The fourth-order valence-corrected chi connectivity index (χ4v) is 1.09. The number of ether oxygens (including phenoxy) is 1.